The molecule has 0 saturated carbocycles. The summed E-state index contributed by atoms with van der Waals surface area (Å²) >= 11 is 1.49. The molecule has 0 spiro atoms. The summed E-state index contributed by atoms with van der Waals surface area (Å²) in [7, 11) is 0. The van der Waals surface area contributed by atoms with E-state index in [1.54, 1.807) is 0 Å². The van der Waals surface area contributed by atoms with Gasteiger partial charge in [0, 0.05) is 6.54 Å². The van der Waals surface area contributed by atoms with Crippen molar-refractivity contribution in [3.05, 3.63) is 64.9 Å². The molecular weight excluding hydrogens is 367 g/mol. The van der Waals surface area contributed by atoms with Crippen LogP contribution in [0.3, 0.4) is 0 Å². The number of urea groups is 1. The lowest BCUT2D eigenvalue weighted by molar-refractivity contribution is -0.137. The van der Waals surface area contributed by atoms with E-state index in [1.165, 1.54) is 29.7 Å². The number of thiophene rings is 1. The Morgan fingerprint density at radius 3 is 2.69 bits per heavy atom. The van der Waals surface area contributed by atoms with Gasteiger partial charge in [0.15, 0.2) is 0 Å². The van der Waals surface area contributed by atoms with E-state index in [1.807, 2.05) is 17.5 Å². The normalized spacial score (nSPS) is 11.3. The van der Waals surface area contributed by atoms with Crippen LogP contribution < -0.4 is 10.6 Å². The predicted octanol–water partition coefficient (Wildman–Crippen LogP) is 4.42. The van der Waals surface area contributed by atoms with Gasteiger partial charge in [-0.3, -0.25) is 0 Å². The second-order valence-electron chi connectivity index (χ2n) is 5.36. The average molecular weight is 381 g/mol. The molecule has 0 aliphatic carbocycles. The van der Waals surface area contributed by atoms with Gasteiger partial charge in [0.1, 0.15) is 6.26 Å². The molecule has 2 aromatic heterocycles. The minimum atomic E-state index is -4.41. The zero-order chi connectivity index (χ0) is 18.6. The second kappa shape index (κ2) is 7.61. The summed E-state index contributed by atoms with van der Waals surface area (Å²) in [6, 6.07) is 8.05. The Morgan fingerprint density at radius 2 is 1.96 bits per heavy atom. The van der Waals surface area contributed by atoms with Crippen LogP contribution in [0.5, 0.6) is 0 Å². The molecule has 9 heteroatoms. The largest absolute Gasteiger partial charge is 0.443 e. The van der Waals surface area contributed by atoms with Crippen LogP contribution in [0.2, 0.25) is 0 Å². The molecule has 3 rings (SSSR count). The Hall–Kier alpha value is -2.81. The molecule has 0 unspecified atom stereocenters. The van der Waals surface area contributed by atoms with Crippen molar-refractivity contribution in [1.82, 2.24) is 15.6 Å². The maximum atomic E-state index is 12.7. The van der Waals surface area contributed by atoms with Crippen molar-refractivity contribution < 1.29 is 22.4 Å². The Bertz CT molecular complexity index is 876. The van der Waals surface area contributed by atoms with Gasteiger partial charge in [0.05, 0.1) is 22.7 Å². The molecule has 26 heavy (non-hydrogen) atoms. The number of hydrogen-bond acceptors (Lipinski definition) is 4. The van der Waals surface area contributed by atoms with Gasteiger partial charge in [-0.15, -0.1) is 11.3 Å². The van der Waals surface area contributed by atoms with Crippen molar-refractivity contribution in [1.29, 1.82) is 0 Å². The fourth-order valence-corrected chi connectivity index (χ4v) is 2.83. The number of aromatic nitrogens is 1. The molecule has 3 aromatic rings. The van der Waals surface area contributed by atoms with Gasteiger partial charge >= 0.3 is 12.2 Å². The molecule has 1 aromatic carbocycles. The van der Waals surface area contributed by atoms with E-state index in [-0.39, 0.29) is 13.1 Å². The highest BCUT2D eigenvalue weighted by Gasteiger charge is 2.30. The van der Waals surface area contributed by atoms with Gasteiger partial charge in [0.2, 0.25) is 5.89 Å². The van der Waals surface area contributed by atoms with Crippen LogP contribution in [0.25, 0.3) is 10.8 Å². The molecule has 0 aliphatic rings. The molecule has 0 radical (unpaired) electrons. The first-order chi connectivity index (χ1) is 12.4. The third-order valence-electron chi connectivity index (χ3n) is 3.42. The Balaban J connectivity index is 1.49. The maximum absolute atomic E-state index is 12.7. The molecule has 2 heterocycles. The van der Waals surface area contributed by atoms with Crippen molar-refractivity contribution in [2.45, 2.75) is 19.3 Å². The maximum Gasteiger partial charge on any atom is 0.416 e. The molecule has 136 valence electrons. The first-order valence-electron chi connectivity index (χ1n) is 7.58. The fourth-order valence-electron chi connectivity index (χ4n) is 2.17. The van der Waals surface area contributed by atoms with Crippen molar-refractivity contribution in [3.63, 3.8) is 0 Å². The monoisotopic (exact) mass is 381 g/mol. The van der Waals surface area contributed by atoms with Crippen LogP contribution in [0.15, 0.2) is 52.5 Å². The number of rotatable bonds is 5. The predicted molar refractivity (Wildman–Crippen MR) is 90.3 cm³/mol. The zero-order valence-corrected chi connectivity index (χ0v) is 14.2. The molecule has 0 bridgehead atoms. The van der Waals surface area contributed by atoms with Gasteiger partial charge in [-0.2, -0.15) is 13.2 Å². The zero-order valence-electron chi connectivity index (χ0n) is 13.3. The number of alkyl halides is 3. The lowest BCUT2D eigenvalue weighted by Crippen LogP contribution is -2.34. The van der Waals surface area contributed by atoms with Gasteiger partial charge in [-0.1, -0.05) is 18.2 Å². The van der Waals surface area contributed by atoms with E-state index in [9.17, 15) is 18.0 Å². The summed E-state index contributed by atoms with van der Waals surface area (Å²) in [5.41, 5.74) is 0.153. The molecule has 0 aliphatic heterocycles. The lowest BCUT2D eigenvalue weighted by Gasteiger charge is -2.10. The summed E-state index contributed by atoms with van der Waals surface area (Å²) in [5, 5.41) is 6.99. The number of nitrogens with one attached hydrogen (secondary N) is 2. The highest BCUT2D eigenvalue weighted by atomic mass is 32.1. The minimum absolute atomic E-state index is 0.0188. The SMILES string of the molecule is O=C(NCc1cccc(C(F)(F)F)c1)NCc1coc(-c2cccs2)n1. The van der Waals surface area contributed by atoms with Crippen molar-refractivity contribution in [3.8, 4) is 10.8 Å². The summed E-state index contributed by atoms with van der Waals surface area (Å²) in [6.45, 7) is 0.123. The Kier molecular flexibility index (Phi) is 5.27. The van der Waals surface area contributed by atoms with Crippen molar-refractivity contribution in [2.75, 3.05) is 0 Å². The van der Waals surface area contributed by atoms with Crippen LogP contribution in [-0.2, 0) is 19.3 Å². The van der Waals surface area contributed by atoms with E-state index in [0.717, 1.165) is 17.0 Å². The van der Waals surface area contributed by atoms with Crippen LogP contribution >= 0.6 is 11.3 Å². The topological polar surface area (TPSA) is 67.2 Å². The summed E-state index contributed by atoms with van der Waals surface area (Å²) in [6.07, 6.45) is -2.96. The minimum Gasteiger partial charge on any atom is -0.443 e. The highest BCUT2D eigenvalue weighted by Crippen LogP contribution is 2.29. The van der Waals surface area contributed by atoms with Crippen LogP contribution in [-0.4, -0.2) is 11.0 Å². The molecule has 0 saturated heterocycles. The lowest BCUT2D eigenvalue weighted by atomic mass is 10.1. The van der Waals surface area contributed by atoms with Crippen molar-refractivity contribution >= 4 is 17.4 Å². The van der Waals surface area contributed by atoms with E-state index < -0.39 is 17.8 Å². The van der Waals surface area contributed by atoms with E-state index in [2.05, 4.69) is 15.6 Å². The summed E-state index contributed by atoms with van der Waals surface area (Å²) in [4.78, 5) is 16.9. The van der Waals surface area contributed by atoms with Gasteiger partial charge < -0.3 is 15.1 Å². The summed E-state index contributed by atoms with van der Waals surface area (Å²) < 4.78 is 43.3. The highest BCUT2D eigenvalue weighted by molar-refractivity contribution is 7.13. The van der Waals surface area contributed by atoms with E-state index in [0.29, 0.717) is 17.1 Å². The number of amides is 2. The van der Waals surface area contributed by atoms with E-state index >= 15 is 0 Å². The Morgan fingerprint density at radius 1 is 1.15 bits per heavy atom. The number of carbonyl (C=O) groups excluding carboxylic acids is 1. The number of hydrogen-bond donors (Lipinski definition) is 2. The Labute approximate surface area is 150 Å². The quantitative estimate of drug-likeness (QED) is 0.687. The smallest absolute Gasteiger partial charge is 0.416 e. The van der Waals surface area contributed by atoms with Crippen LogP contribution in [0.4, 0.5) is 18.0 Å². The third-order valence-corrected chi connectivity index (χ3v) is 4.28. The average Bonchev–Trinajstić information content (AvgIpc) is 3.29. The first kappa shape index (κ1) is 18.0. The van der Waals surface area contributed by atoms with Crippen molar-refractivity contribution in [2.24, 2.45) is 0 Å². The molecule has 2 amide bonds. The molecular formula is C17H14F3N3O2S. The van der Waals surface area contributed by atoms with Crippen LogP contribution in [0.1, 0.15) is 16.8 Å². The van der Waals surface area contributed by atoms with Gasteiger partial charge in [-0.05, 0) is 29.1 Å². The first-order valence-corrected chi connectivity index (χ1v) is 8.46. The number of benzene rings is 1. The molecule has 0 fully saturated rings. The van der Waals surface area contributed by atoms with Gasteiger partial charge in [-0.25, -0.2) is 9.78 Å². The fraction of sp³-hybridized carbons (Fsp3) is 0.176. The van der Waals surface area contributed by atoms with Gasteiger partial charge in [0.25, 0.3) is 0 Å². The second-order valence-corrected chi connectivity index (χ2v) is 6.30. The summed E-state index contributed by atoms with van der Waals surface area (Å²) in [5.74, 6) is 0.473. The number of carbonyl (C=O) groups is 1. The third kappa shape index (κ3) is 4.63. The standard InChI is InChI=1S/C17H14F3N3O2S/c18-17(19,20)12-4-1-3-11(7-12)8-21-16(24)22-9-13-10-25-15(23-13)14-5-2-6-26-14/h1-7,10H,8-9H2,(H2,21,22,24). The molecule has 2 N–H and O–H groups in total. The number of nitrogens with zero attached hydrogens (tertiary/aromatic N) is 1. The van der Waals surface area contributed by atoms with E-state index in [4.69, 9.17) is 4.42 Å². The number of halogens is 3. The van der Waals surface area contributed by atoms with Crippen LogP contribution in [0, 0.1) is 0 Å². The number of oxazole rings is 1. The molecule has 5 nitrogen and oxygen atoms in total. The molecule has 0 atom stereocenters.